The van der Waals surface area contributed by atoms with Crippen molar-refractivity contribution in [1.29, 1.82) is 0 Å². The summed E-state index contributed by atoms with van der Waals surface area (Å²) in [5.41, 5.74) is 0.694. The summed E-state index contributed by atoms with van der Waals surface area (Å²) in [6.45, 7) is 5.92. The van der Waals surface area contributed by atoms with Crippen LogP contribution in [-0.4, -0.2) is 57.4 Å². The molecule has 1 aromatic heterocycles. The fraction of sp³-hybridized carbons (Fsp3) is 0.524. The molecule has 4 rings (SSSR count). The quantitative estimate of drug-likeness (QED) is 0.775. The van der Waals surface area contributed by atoms with Gasteiger partial charge < -0.3 is 14.7 Å². The molecule has 1 aliphatic carbocycles. The predicted octanol–water partition coefficient (Wildman–Crippen LogP) is 2.61. The molecule has 29 heavy (non-hydrogen) atoms. The Bertz CT molecular complexity index is 846. The van der Waals surface area contributed by atoms with E-state index >= 15 is 0 Å². The molecule has 1 atom stereocenters. The van der Waals surface area contributed by atoms with Gasteiger partial charge in [0.05, 0.1) is 24.6 Å². The van der Waals surface area contributed by atoms with Gasteiger partial charge in [0.2, 0.25) is 5.91 Å². The minimum Gasteiger partial charge on any atom is -0.483 e. The van der Waals surface area contributed by atoms with Gasteiger partial charge in [-0.2, -0.15) is 5.10 Å². The molecule has 0 radical (unpaired) electrons. The van der Waals surface area contributed by atoms with Gasteiger partial charge in [-0.25, -0.2) is 9.67 Å². The molecule has 8 nitrogen and oxygen atoms in total. The smallest absolute Gasteiger partial charge is 0.290 e. The summed E-state index contributed by atoms with van der Waals surface area (Å²) in [6.07, 6.45) is 1.84. The second-order valence-corrected chi connectivity index (χ2v) is 7.89. The Hall–Kier alpha value is -2.74. The average Bonchev–Trinajstić information content (AvgIpc) is 3.37. The average molecular weight is 400 g/mol. The van der Waals surface area contributed by atoms with Crippen LogP contribution in [0.5, 0.6) is 0 Å². The summed E-state index contributed by atoms with van der Waals surface area (Å²) in [6, 6.07) is 9.97. The van der Waals surface area contributed by atoms with Crippen LogP contribution in [-0.2, 0) is 20.9 Å². The third kappa shape index (κ3) is 4.17. The van der Waals surface area contributed by atoms with Crippen LogP contribution in [0.25, 0.3) is 11.4 Å². The van der Waals surface area contributed by atoms with Crippen molar-refractivity contribution in [2.45, 2.75) is 39.3 Å². The predicted molar refractivity (Wildman–Crippen MR) is 107 cm³/mol. The molecule has 0 spiro atoms. The molecule has 1 saturated carbocycles. The topological polar surface area (TPSA) is 97.5 Å². The van der Waals surface area contributed by atoms with Gasteiger partial charge in [0.25, 0.3) is 6.47 Å². The molecular formula is C21H28N4O4. The number of carbonyl (C=O) groups is 2. The van der Waals surface area contributed by atoms with Gasteiger partial charge >= 0.3 is 0 Å². The summed E-state index contributed by atoms with van der Waals surface area (Å²) in [7, 11) is 1.67. The summed E-state index contributed by atoms with van der Waals surface area (Å²) in [5.74, 6) is 2.11. The Morgan fingerprint density at radius 1 is 1.31 bits per heavy atom. The summed E-state index contributed by atoms with van der Waals surface area (Å²) >= 11 is 0. The number of hydrogen-bond donors (Lipinski definition) is 1. The van der Waals surface area contributed by atoms with Gasteiger partial charge in [-0.1, -0.05) is 44.2 Å². The molecule has 1 aliphatic heterocycles. The van der Waals surface area contributed by atoms with E-state index < -0.39 is 0 Å². The number of rotatable bonds is 5. The lowest BCUT2D eigenvalue weighted by Crippen LogP contribution is -2.48. The molecule has 2 aromatic rings. The molecule has 2 aliphatic rings. The van der Waals surface area contributed by atoms with Gasteiger partial charge in [0.1, 0.15) is 0 Å². The van der Waals surface area contributed by atoms with E-state index in [4.69, 9.17) is 24.7 Å². The molecule has 1 amide bonds. The largest absolute Gasteiger partial charge is 0.483 e. The van der Waals surface area contributed by atoms with Crippen molar-refractivity contribution in [2.75, 3.05) is 20.3 Å². The van der Waals surface area contributed by atoms with E-state index in [2.05, 4.69) is 13.8 Å². The van der Waals surface area contributed by atoms with Crippen LogP contribution in [0.4, 0.5) is 0 Å². The lowest BCUT2D eigenvalue weighted by molar-refractivity contribution is -0.144. The zero-order chi connectivity index (χ0) is 21.0. The standard InChI is InChI=1S/C20H26N4O2.CH2O2/c1-14(2)16-18-21-17(15-7-5-4-6-8-15)22-24(18)12-11-23(16)19(25)20(9-10-20)13-26-3;2-1-3/h4-8,14,16H,9-13H2,1-3H3;1H,(H,2,3)/t16-;/m0./s1. The Morgan fingerprint density at radius 3 is 2.52 bits per heavy atom. The fourth-order valence-electron chi connectivity index (χ4n) is 3.97. The first-order chi connectivity index (χ1) is 14.0. The molecular weight excluding hydrogens is 372 g/mol. The van der Waals surface area contributed by atoms with Crippen LogP contribution in [0.1, 0.15) is 38.6 Å². The van der Waals surface area contributed by atoms with Crippen LogP contribution in [0.15, 0.2) is 30.3 Å². The Labute approximate surface area is 170 Å². The molecule has 2 heterocycles. The summed E-state index contributed by atoms with van der Waals surface area (Å²) < 4.78 is 7.31. The SMILES string of the molecule is COCC1(C(=O)N2CCn3nc(-c4ccccc4)nc3[C@@H]2C(C)C)CC1.O=CO. The Kier molecular flexibility index (Phi) is 6.32. The van der Waals surface area contributed by atoms with Crippen LogP contribution >= 0.6 is 0 Å². The van der Waals surface area contributed by atoms with E-state index in [-0.39, 0.29) is 29.8 Å². The van der Waals surface area contributed by atoms with Gasteiger partial charge in [-0.05, 0) is 18.8 Å². The number of carboxylic acid groups (broad SMARTS) is 1. The molecule has 0 bridgehead atoms. The van der Waals surface area contributed by atoms with Crippen molar-refractivity contribution >= 4 is 12.4 Å². The summed E-state index contributed by atoms with van der Waals surface area (Å²) in [5, 5.41) is 11.6. The molecule has 156 valence electrons. The molecule has 8 heteroatoms. The van der Waals surface area contributed by atoms with E-state index in [9.17, 15) is 4.79 Å². The van der Waals surface area contributed by atoms with E-state index in [1.54, 1.807) is 7.11 Å². The van der Waals surface area contributed by atoms with Crippen molar-refractivity contribution in [1.82, 2.24) is 19.7 Å². The van der Waals surface area contributed by atoms with Crippen molar-refractivity contribution < 1.29 is 19.4 Å². The number of nitrogens with zero attached hydrogens (tertiary/aromatic N) is 4. The van der Waals surface area contributed by atoms with Gasteiger partial charge in [-0.3, -0.25) is 9.59 Å². The highest BCUT2D eigenvalue weighted by atomic mass is 16.5. The highest BCUT2D eigenvalue weighted by Crippen LogP contribution is 2.49. The lowest BCUT2D eigenvalue weighted by Gasteiger charge is -2.39. The van der Waals surface area contributed by atoms with E-state index in [1.807, 2.05) is 39.9 Å². The number of fused-ring (bicyclic) bond motifs is 1. The number of hydrogen-bond acceptors (Lipinski definition) is 5. The zero-order valence-corrected chi connectivity index (χ0v) is 17.1. The normalized spacial score (nSPS) is 19.2. The third-order valence-electron chi connectivity index (χ3n) is 5.51. The summed E-state index contributed by atoms with van der Waals surface area (Å²) in [4.78, 5) is 28.5. The number of amides is 1. The molecule has 0 saturated heterocycles. The minimum atomic E-state index is -0.313. The molecule has 0 unspecified atom stereocenters. The maximum Gasteiger partial charge on any atom is 0.290 e. The fourth-order valence-corrected chi connectivity index (χ4v) is 3.97. The zero-order valence-electron chi connectivity index (χ0n) is 17.1. The monoisotopic (exact) mass is 400 g/mol. The number of carbonyl (C=O) groups excluding carboxylic acids is 1. The van der Waals surface area contributed by atoms with Crippen LogP contribution in [0.3, 0.4) is 0 Å². The van der Waals surface area contributed by atoms with E-state index in [1.165, 1.54) is 0 Å². The van der Waals surface area contributed by atoms with Gasteiger partial charge in [0, 0.05) is 19.2 Å². The highest BCUT2D eigenvalue weighted by molar-refractivity contribution is 5.86. The van der Waals surface area contributed by atoms with Gasteiger partial charge in [0.15, 0.2) is 11.6 Å². The third-order valence-corrected chi connectivity index (χ3v) is 5.51. The van der Waals surface area contributed by atoms with E-state index in [0.717, 1.165) is 30.1 Å². The van der Waals surface area contributed by atoms with Crippen LogP contribution in [0.2, 0.25) is 0 Å². The van der Waals surface area contributed by atoms with Gasteiger partial charge in [-0.15, -0.1) is 0 Å². The van der Waals surface area contributed by atoms with E-state index in [0.29, 0.717) is 19.7 Å². The van der Waals surface area contributed by atoms with Crippen molar-refractivity contribution in [3.63, 3.8) is 0 Å². The number of benzene rings is 1. The second-order valence-electron chi connectivity index (χ2n) is 7.89. The second kappa shape index (κ2) is 8.73. The van der Waals surface area contributed by atoms with Crippen molar-refractivity contribution in [2.24, 2.45) is 11.3 Å². The van der Waals surface area contributed by atoms with Crippen LogP contribution < -0.4 is 0 Å². The van der Waals surface area contributed by atoms with Crippen LogP contribution in [0, 0.1) is 11.3 Å². The maximum atomic E-state index is 13.3. The molecule has 1 N–H and O–H groups in total. The minimum absolute atomic E-state index is 0.0458. The first-order valence-electron chi connectivity index (χ1n) is 9.85. The lowest BCUT2D eigenvalue weighted by atomic mass is 9.96. The maximum absolute atomic E-state index is 13.3. The van der Waals surface area contributed by atoms with Crippen molar-refractivity contribution in [3.05, 3.63) is 36.2 Å². The number of ether oxygens (including phenoxy) is 1. The van der Waals surface area contributed by atoms with Crippen molar-refractivity contribution in [3.8, 4) is 11.4 Å². The molecule has 1 fully saturated rings. The number of methoxy groups -OCH3 is 1. The first-order valence-corrected chi connectivity index (χ1v) is 9.85. The Balaban J connectivity index is 0.000000755. The number of aromatic nitrogens is 3. The highest BCUT2D eigenvalue weighted by Gasteiger charge is 2.54. The first kappa shape index (κ1) is 21.0. The molecule has 1 aromatic carbocycles. The Morgan fingerprint density at radius 2 is 1.97 bits per heavy atom.